The van der Waals surface area contributed by atoms with Gasteiger partial charge in [0.1, 0.15) is 5.41 Å². The Morgan fingerprint density at radius 3 is 2.13 bits per heavy atom. The van der Waals surface area contributed by atoms with E-state index in [-0.39, 0.29) is 11.9 Å². The molecule has 2 N–H and O–H groups in total. The zero-order valence-electron chi connectivity index (χ0n) is 17.5. The van der Waals surface area contributed by atoms with Gasteiger partial charge in [-0.25, -0.2) is 5.43 Å². The molecule has 0 radical (unpaired) electrons. The number of aryl methyl sites for hydroxylation is 1. The standard InChI is InChI=1S/C27H27N3O/c1-2-20-27(21-28,24-16-10-5-11-17-24)25(19-18-22-12-6-3-7-13-22)29-30-26(31)23-14-8-4-9-15-23/h2-17,25,29H,1,18-20H2,(H,30,31)/t25-,27+/m0/s1. The number of allylic oxidation sites excluding steroid dienone is 1. The number of rotatable bonds is 10. The third-order valence-corrected chi connectivity index (χ3v) is 5.51. The lowest BCUT2D eigenvalue weighted by Gasteiger charge is -2.36. The van der Waals surface area contributed by atoms with E-state index in [4.69, 9.17) is 0 Å². The van der Waals surface area contributed by atoms with E-state index in [0.29, 0.717) is 18.4 Å². The number of benzene rings is 3. The van der Waals surface area contributed by atoms with Gasteiger partial charge in [0.25, 0.3) is 5.91 Å². The molecule has 0 heterocycles. The van der Waals surface area contributed by atoms with Crippen LogP contribution in [0.15, 0.2) is 104 Å². The third-order valence-electron chi connectivity index (χ3n) is 5.51. The summed E-state index contributed by atoms with van der Waals surface area (Å²) in [7, 11) is 0. The molecule has 1 amide bonds. The van der Waals surface area contributed by atoms with Crippen LogP contribution in [0.2, 0.25) is 0 Å². The van der Waals surface area contributed by atoms with E-state index in [1.54, 1.807) is 18.2 Å². The Morgan fingerprint density at radius 1 is 0.968 bits per heavy atom. The van der Waals surface area contributed by atoms with Crippen LogP contribution in [0.3, 0.4) is 0 Å². The van der Waals surface area contributed by atoms with Gasteiger partial charge in [0.2, 0.25) is 0 Å². The minimum atomic E-state index is -0.873. The van der Waals surface area contributed by atoms with Gasteiger partial charge in [-0.15, -0.1) is 6.58 Å². The molecule has 31 heavy (non-hydrogen) atoms. The van der Waals surface area contributed by atoms with Gasteiger partial charge < -0.3 is 0 Å². The van der Waals surface area contributed by atoms with E-state index >= 15 is 0 Å². The van der Waals surface area contributed by atoms with Gasteiger partial charge >= 0.3 is 0 Å². The Bertz CT molecular complexity index is 1010. The lowest BCUT2D eigenvalue weighted by molar-refractivity contribution is 0.0915. The Morgan fingerprint density at radius 2 is 1.55 bits per heavy atom. The SMILES string of the molecule is C=CC[C@@](C#N)(c1ccccc1)[C@H](CCc1ccccc1)NNC(=O)c1ccccc1. The van der Waals surface area contributed by atoms with Crippen LogP contribution >= 0.6 is 0 Å². The molecule has 3 aromatic rings. The van der Waals surface area contributed by atoms with Gasteiger partial charge in [-0.1, -0.05) is 84.9 Å². The normalized spacial score (nSPS) is 13.4. The molecule has 0 saturated carbocycles. The minimum Gasteiger partial charge on any atom is -0.287 e. The summed E-state index contributed by atoms with van der Waals surface area (Å²) in [4.78, 5) is 12.7. The van der Waals surface area contributed by atoms with Crippen molar-refractivity contribution in [1.82, 2.24) is 10.9 Å². The van der Waals surface area contributed by atoms with Gasteiger partial charge in [0.15, 0.2) is 0 Å². The molecule has 0 aliphatic heterocycles. The first-order chi connectivity index (χ1) is 15.2. The fourth-order valence-electron chi connectivity index (χ4n) is 3.82. The number of nitrogens with one attached hydrogen (secondary N) is 2. The van der Waals surface area contributed by atoms with E-state index in [9.17, 15) is 10.1 Å². The molecule has 156 valence electrons. The predicted octanol–water partition coefficient (Wildman–Crippen LogP) is 4.96. The molecule has 4 nitrogen and oxygen atoms in total. The summed E-state index contributed by atoms with van der Waals surface area (Å²) >= 11 is 0. The van der Waals surface area contributed by atoms with Crippen molar-refractivity contribution in [3.8, 4) is 6.07 Å². The third kappa shape index (κ3) is 5.48. The molecule has 2 atom stereocenters. The maximum absolute atomic E-state index is 12.7. The highest BCUT2D eigenvalue weighted by Crippen LogP contribution is 2.34. The summed E-state index contributed by atoms with van der Waals surface area (Å²) in [5.74, 6) is -0.233. The Hall–Kier alpha value is -3.68. The molecule has 0 aromatic heterocycles. The van der Waals surface area contributed by atoms with Crippen LogP contribution in [0.25, 0.3) is 0 Å². The number of amides is 1. The van der Waals surface area contributed by atoms with Gasteiger partial charge in [-0.2, -0.15) is 5.26 Å². The molecule has 0 spiro atoms. The summed E-state index contributed by atoms with van der Waals surface area (Å²) in [5, 5.41) is 10.4. The van der Waals surface area contributed by atoms with Crippen LogP contribution in [-0.2, 0) is 11.8 Å². The molecule has 0 aliphatic rings. The van der Waals surface area contributed by atoms with Crippen molar-refractivity contribution in [2.45, 2.75) is 30.7 Å². The monoisotopic (exact) mass is 409 g/mol. The topological polar surface area (TPSA) is 64.9 Å². The second-order valence-electron chi connectivity index (χ2n) is 7.48. The van der Waals surface area contributed by atoms with Gasteiger partial charge in [-0.05, 0) is 42.5 Å². The Balaban J connectivity index is 1.89. The lowest BCUT2D eigenvalue weighted by Crippen LogP contribution is -2.54. The number of carbonyl (C=O) groups excluding carboxylic acids is 1. The largest absolute Gasteiger partial charge is 0.287 e. The van der Waals surface area contributed by atoms with Gasteiger partial charge in [-0.3, -0.25) is 10.2 Å². The molecule has 0 unspecified atom stereocenters. The number of carbonyl (C=O) groups is 1. The second kappa shape index (κ2) is 10.9. The Labute approximate surface area is 184 Å². The maximum Gasteiger partial charge on any atom is 0.265 e. The maximum atomic E-state index is 12.7. The second-order valence-corrected chi connectivity index (χ2v) is 7.48. The van der Waals surface area contributed by atoms with Crippen molar-refractivity contribution in [3.05, 3.63) is 120 Å². The number of nitrogens with zero attached hydrogens (tertiary/aromatic N) is 1. The average Bonchev–Trinajstić information content (AvgIpc) is 2.84. The molecule has 3 aromatic carbocycles. The molecule has 0 aliphatic carbocycles. The van der Waals surface area contributed by atoms with Crippen LogP contribution in [0, 0.1) is 11.3 Å². The smallest absolute Gasteiger partial charge is 0.265 e. The average molecular weight is 410 g/mol. The van der Waals surface area contributed by atoms with E-state index in [2.05, 4.69) is 35.6 Å². The first-order valence-corrected chi connectivity index (χ1v) is 10.4. The summed E-state index contributed by atoms with van der Waals surface area (Å²) in [6, 6.07) is 31.1. The summed E-state index contributed by atoms with van der Waals surface area (Å²) in [6.45, 7) is 3.90. The molecule has 3 rings (SSSR count). The molecule has 0 fully saturated rings. The van der Waals surface area contributed by atoms with E-state index in [0.717, 1.165) is 12.0 Å². The molecule has 4 heteroatoms. The lowest BCUT2D eigenvalue weighted by atomic mass is 9.71. The predicted molar refractivity (Wildman–Crippen MR) is 124 cm³/mol. The zero-order chi connectivity index (χ0) is 21.9. The molecular weight excluding hydrogens is 382 g/mol. The van der Waals surface area contributed by atoms with Crippen molar-refractivity contribution in [2.24, 2.45) is 0 Å². The number of nitriles is 1. The first-order valence-electron chi connectivity index (χ1n) is 10.4. The van der Waals surface area contributed by atoms with E-state index in [1.165, 1.54) is 5.56 Å². The first kappa shape index (κ1) is 22.0. The zero-order valence-corrected chi connectivity index (χ0v) is 17.5. The van der Waals surface area contributed by atoms with E-state index in [1.807, 2.05) is 66.7 Å². The molecule has 0 saturated heterocycles. The van der Waals surface area contributed by atoms with Crippen molar-refractivity contribution >= 4 is 5.91 Å². The van der Waals surface area contributed by atoms with Crippen molar-refractivity contribution in [1.29, 1.82) is 5.26 Å². The van der Waals surface area contributed by atoms with Gasteiger partial charge in [0.05, 0.1) is 6.07 Å². The number of hydrogen-bond donors (Lipinski definition) is 2. The number of hydrogen-bond acceptors (Lipinski definition) is 3. The fourth-order valence-corrected chi connectivity index (χ4v) is 3.82. The fraction of sp³-hybridized carbons (Fsp3) is 0.185. The summed E-state index contributed by atoms with van der Waals surface area (Å²) < 4.78 is 0. The van der Waals surface area contributed by atoms with Crippen LogP contribution in [0.4, 0.5) is 0 Å². The highest BCUT2D eigenvalue weighted by Gasteiger charge is 2.40. The molecular formula is C27H27N3O. The summed E-state index contributed by atoms with van der Waals surface area (Å²) in [6.07, 6.45) is 3.66. The van der Waals surface area contributed by atoms with Gasteiger partial charge in [0, 0.05) is 11.6 Å². The highest BCUT2D eigenvalue weighted by molar-refractivity contribution is 5.93. The number of hydrazine groups is 1. The minimum absolute atomic E-state index is 0.233. The van der Waals surface area contributed by atoms with Crippen molar-refractivity contribution in [2.75, 3.05) is 0 Å². The van der Waals surface area contributed by atoms with Crippen molar-refractivity contribution < 1.29 is 4.79 Å². The summed E-state index contributed by atoms with van der Waals surface area (Å²) in [5.41, 5.74) is 7.79. The molecule has 0 bridgehead atoms. The van der Waals surface area contributed by atoms with E-state index < -0.39 is 5.41 Å². The van der Waals surface area contributed by atoms with Crippen LogP contribution < -0.4 is 10.9 Å². The van der Waals surface area contributed by atoms with Crippen LogP contribution in [0.1, 0.15) is 34.3 Å². The van der Waals surface area contributed by atoms with Crippen LogP contribution in [0.5, 0.6) is 0 Å². The quantitative estimate of drug-likeness (QED) is 0.367. The van der Waals surface area contributed by atoms with Crippen LogP contribution in [-0.4, -0.2) is 11.9 Å². The highest BCUT2D eigenvalue weighted by atomic mass is 16.2. The Kier molecular flexibility index (Phi) is 7.75. The van der Waals surface area contributed by atoms with Crippen molar-refractivity contribution in [3.63, 3.8) is 0 Å².